The summed E-state index contributed by atoms with van der Waals surface area (Å²) in [6.45, 7) is 7.23. The summed E-state index contributed by atoms with van der Waals surface area (Å²) >= 11 is 0. The lowest BCUT2D eigenvalue weighted by Gasteiger charge is -2.12. The molecule has 2 rings (SSSR count). The Labute approximate surface area is 125 Å². The molecule has 2 aromatic rings. The molecule has 0 saturated carbocycles. The fourth-order valence-corrected chi connectivity index (χ4v) is 3.92. The van der Waals surface area contributed by atoms with E-state index in [0.29, 0.717) is 11.4 Å². The molecule has 21 heavy (non-hydrogen) atoms. The summed E-state index contributed by atoms with van der Waals surface area (Å²) in [5.74, 6) is 0. The molecular weight excluding hydrogens is 284 g/mol. The number of hydrogen-bond acceptors (Lipinski definition) is 4. The molecule has 0 atom stereocenters. The van der Waals surface area contributed by atoms with E-state index >= 15 is 0 Å². The molecule has 0 aliphatic heterocycles. The third kappa shape index (κ3) is 2.61. The maximum absolute atomic E-state index is 12.8. The highest BCUT2D eigenvalue weighted by atomic mass is 32.2. The smallest absolute Gasteiger partial charge is 0.206 e. The first-order chi connectivity index (χ1) is 9.64. The first-order valence-electron chi connectivity index (χ1n) is 6.63. The molecule has 4 N–H and O–H groups in total. The topological polar surface area (TPSA) is 86.2 Å². The van der Waals surface area contributed by atoms with Gasteiger partial charge in [0, 0.05) is 11.4 Å². The molecule has 0 aromatic heterocycles. The highest BCUT2D eigenvalue weighted by Crippen LogP contribution is 2.29. The Morgan fingerprint density at radius 1 is 0.667 bits per heavy atom. The second-order valence-corrected chi connectivity index (χ2v) is 7.39. The van der Waals surface area contributed by atoms with Crippen molar-refractivity contribution in [1.29, 1.82) is 0 Å². The summed E-state index contributed by atoms with van der Waals surface area (Å²) < 4.78 is 25.6. The van der Waals surface area contributed by atoms with Gasteiger partial charge in [-0.3, -0.25) is 0 Å². The number of nitrogens with two attached hydrogens (primary N) is 2. The average molecular weight is 304 g/mol. The maximum Gasteiger partial charge on any atom is 0.206 e. The minimum Gasteiger partial charge on any atom is -0.398 e. The van der Waals surface area contributed by atoms with Crippen molar-refractivity contribution in [2.75, 3.05) is 11.5 Å². The highest BCUT2D eigenvalue weighted by Gasteiger charge is 2.20. The van der Waals surface area contributed by atoms with E-state index in [-0.39, 0.29) is 9.79 Å². The Bertz CT molecular complexity index is 715. The molecular formula is C16H20N2O2S. The van der Waals surface area contributed by atoms with E-state index in [1.54, 1.807) is 52.0 Å². The van der Waals surface area contributed by atoms with Crippen molar-refractivity contribution in [2.24, 2.45) is 0 Å². The summed E-state index contributed by atoms with van der Waals surface area (Å²) in [5.41, 5.74) is 16.1. The normalized spacial score (nSPS) is 11.6. The Morgan fingerprint density at radius 3 is 1.14 bits per heavy atom. The van der Waals surface area contributed by atoms with Crippen LogP contribution in [0.15, 0.2) is 34.1 Å². The van der Waals surface area contributed by atoms with Gasteiger partial charge in [-0.15, -0.1) is 0 Å². The van der Waals surface area contributed by atoms with Crippen LogP contribution in [0.3, 0.4) is 0 Å². The number of nitrogen functional groups attached to an aromatic ring is 2. The quantitative estimate of drug-likeness (QED) is 0.835. The lowest BCUT2D eigenvalue weighted by atomic mass is 10.1. The molecule has 0 aliphatic rings. The Kier molecular flexibility index (Phi) is 3.72. The number of benzene rings is 2. The predicted octanol–water partition coefficient (Wildman–Crippen LogP) is 2.92. The van der Waals surface area contributed by atoms with Gasteiger partial charge in [0.25, 0.3) is 0 Å². The second-order valence-electron chi connectivity index (χ2n) is 5.44. The van der Waals surface area contributed by atoms with Crippen molar-refractivity contribution in [3.63, 3.8) is 0 Å². The van der Waals surface area contributed by atoms with Crippen LogP contribution in [0.5, 0.6) is 0 Å². The van der Waals surface area contributed by atoms with E-state index in [1.807, 2.05) is 0 Å². The summed E-state index contributed by atoms with van der Waals surface area (Å²) in [4.78, 5) is 0.519. The average Bonchev–Trinajstić information content (AvgIpc) is 2.40. The number of rotatable bonds is 2. The predicted molar refractivity (Wildman–Crippen MR) is 86.1 cm³/mol. The van der Waals surface area contributed by atoms with Gasteiger partial charge in [0.05, 0.1) is 9.79 Å². The molecule has 112 valence electrons. The van der Waals surface area contributed by atoms with Crippen molar-refractivity contribution in [3.8, 4) is 0 Å². The van der Waals surface area contributed by atoms with Crippen LogP contribution in [0.2, 0.25) is 0 Å². The zero-order valence-corrected chi connectivity index (χ0v) is 13.5. The molecule has 0 aliphatic carbocycles. The highest BCUT2D eigenvalue weighted by molar-refractivity contribution is 7.91. The van der Waals surface area contributed by atoms with Gasteiger partial charge < -0.3 is 11.5 Å². The molecule has 4 nitrogen and oxygen atoms in total. The van der Waals surface area contributed by atoms with Crippen molar-refractivity contribution < 1.29 is 8.42 Å². The number of sulfone groups is 1. The van der Waals surface area contributed by atoms with Crippen molar-refractivity contribution in [1.82, 2.24) is 0 Å². The third-order valence-corrected chi connectivity index (χ3v) is 5.47. The van der Waals surface area contributed by atoms with Gasteiger partial charge >= 0.3 is 0 Å². The largest absolute Gasteiger partial charge is 0.398 e. The summed E-state index contributed by atoms with van der Waals surface area (Å²) in [6, 6.07) is 6.44. The van der Waals surface area contributed by atoms with Crippen molar-refractivity contribution in [2.45, 2.75) is 37.5 Å². The molecule has 0 bridgehead atoms. The van der Waals surface area contributed by atoms with E-state index < -0.39 is 9.84 Å². The zero-order chi connectivity index (χ0) is 15.9. The summed E-state index contributed by atoms with van der Waals surface area (Å²) in [7, 11) is -3.57. The number of aryl methyl sites for hydroxylation is 4. The van der Waals surface area contributed by atoms with Gasteiger partial charge in [-0.25, -0.2) is 8.42 Å². The van der Waals surface area contributed by atoms with E-state index in [9.17, 15) is 8.42 Å². The fourth-order valence-electron chi connectivity index (χ4n) is 2.32. The van der Waals surface area contributed by atoms with Crippen molar-refractivity contribution >= 4 is 21.2 Å². The molecule has 5 heteroatoms. The molecule has 2 aromatic carbocycles. The molecule has 0 amide bonds. The maximum atomic E-state index is 12.8. The lowest BCUT2D eigenvalue weighted by Crippen LogP contribution is -2.06. The monoisotopic (exact) mass is 304 g/mol. The van der Waals surface area contributed by atoms with Crippen molar-refractivity contribution in [3.05, 3.63) is 46.5 Å². The van der Waals surface area contributed by atoms with Crippen LogP contribution in [-0.2, 0) is 9.84 Å². The van der Waals surface area contributed by atoms with Crippen LogP contribution < -0.4 is 11.5 Å². The summed E-state index contributed by atoms with van der Waals surface area (Å²) in [5, 5.41) is 0. The van der Waals surface area contributed by atoms with E-state index in [4.69, 9.17) is 11.5 Å². The summed E-state index contributed by atoms with van der Waals surface area (Å²) in [6.07, 6.45) is 0. The first kappa shape index (κ1) is 15.4. The number of hydrogen-bond donors (Lipinski definition) is 2. The molecule has 0 saturated heterocycles. The van der Waals surface area contributed by atoms with E-state index in [1.165, 1.54) is 0 Å². The Balaban J connectivity index is 2.68. The molecule has 0 heterocycles. The van der Waals surface area contributed by atoms with Crippen LogP contribution in [-0.4, -0.2) is 8.42 Å². The SMILES string of the molecule is Cc1cc(S(=O)(=O)c2cc(C)c(N)c(C)c2)cc(C)c1N. The third-order valence-electron chi connectivity index (χ3n) is 3.76. The molecule has 0 fully saturated rings. The minimum atomic E-state index is -3.57. The van der Waals surface area contributed by atoms with Gasteiger partial charge in [0.2, 0.25) is 9.84 Å². The van der Waals surface area contributed by atoms with E-state index in [0.717, 1.165) is 22.3 Å². The van der Waals surface area contributed by atoms with Crippen LogP contribution in [0.25, 0.3) is 0 Å². The second kappa shape index (κ2) is 5.07. The van der Waals surface area contributed by atoms with Gasteiger partial charge in [-0.05, 0) is 74.2 Å². The van der Waals surface area contributed by atoms with Crippen LogP contribution in [0, 0.1) is 27.7 Å². The van der Waals surface area contributed by atoms with Gasteiger partial charge in [0.1, 0.15) is 0 Å². The molecule has 0 radical (unpaired) electrons. The van der Waals surface area contributed by atoms with Crippen LogP contribution in [0.4, 0.5) is 11.4 Å². The van der Waals surface area contributed by atoms with Crippen LogP contribution in [0.1, 0.15) is 22.3 Å². The lowest BCUT2D eigenvalue weighted by molar-refractivity contribution is 0.596. The first-order valence-corrected chi connectivity index (χ1v) is 8.11. The standard InChI is InChI=1S/C16H20N2O2S/c1-9-5-13(6-10(2)15(9)17)21(19,20)14-7-11(3)16(18)12(4)8-14/h5-8H,17-18H2,1-4H3. The van der Waals surface area contributed by atoms with Gasteiger partial charge in [0.15, 0.2) is 0 Å². The Hall–Kier alpha value is -2.01. The Morgan fingerprint density at radius 2 is 0.905 bits per heavy atom. The molecule has 0 unspecified atom stereocenters. The van der Waals surface area contributed by atoms with Crippen LogP contribution >= 0.6 is 0 Å². The number of anilines is 2. The fraction of sp³-hybridized carbons (Fsp3) is 0.250. The zero-order valence-electron chi connectivity index (χ0n) is 12.7. The molecule has 0 spiro atoms. The van der Waals surface area contributed by atoms with Gasteiger partial charge in [-0.1, -0.05) is 0 Å². The van der Waals surface area contributed by atoms with E-state index in [2.05, 4.69) is 0 Å². The minimum absolute atomic E-state index is 0.260. The van der Waals surface area contributed by atoms with Gasteiger partial charge in [-0.2, -0.15) is 0 Å².